The van der Waals surface area contributed by atoms with Crippen molar-refractivity contribution in [1.29, 1.82) is 5.26 Å². The Bertz CT molecular complexity index is 634. The van der Waals surface area contributed by atoms with Crippen LogP contribution in [0, 0.1) is 17.1 Å². The fraction of sp³-hybridized carbons (Fsp3) is 0.438. The number of halogens is 1. The highest BCUT2D eigenvalue weighted by molar-refractivity contribution is 6.55. The average Bonchev–Trinajstić information content (AvgIpc) is 2.66. The first-order valence-corrected chi connectivity index (χ1v) is 7.16. The second-order valence-electron chi connectivity index (χ2n) is 6.36. The van der Waals surface area contributed by atoms with E-state index in [4.69, 9.17) is 20.3 Å². The number of rotatable bonds is 3. The quantitative estimate of drug-likeness (QED) is 0.872. The van der Waals surface area contributed by atoms with Gasteiger partial charge in [-0.05, 0) is 50.9 Å². The zero-order valence-corrected chi connectivity index (χ0v) is 13.3. The highest BCUT2D eigenvalue weighted by atomic mass is 19.1. The van der Waals surface area contributed by atoms with Crippen LogP contribution in [-0.2, 0) is 9.31 Å². The van der Waals surface area contributed by atoms with Crippen molar-refractivity contribution in [3.05, 3.63) is 40.6 Å². The molecular weight excluding hydrogens is 282 g/mol. The van der Waals surface area contributed by atoms with Gasteiger partial charge in [-0.15, -0.1) is 0 Å². The topological polar surface area (TPSA) is 68.3 Å². The third-order valence-electron chi connectivity index (χ3n) is 4.25. The Kier molecular flexibility index (Phi) is 4.43. The van der Waals surface area contributed by atoms with E-state index in [1.54, 1.807) is 12.1 Å². The van der Waals surface area contributed by atoms with E-state index in [9.17, 15) is 4.39 Å². The van der Waals surface area contributed by atoms with Crippen LogP contribution in [0.15, 0.2) is 23.7 Å². The summed E-state index contributed by atoms with van der Waals surface area (Å²) in [5.41, 5.74) is 6.34. The number of nitriles is 1. The van der Waals surface area contributed by atoms with Crippen LogP contribution in [0.5, 0.6) is 0 Å². The zero-order chi connectivity index (χ0) is 16.5. The SMILES string of the molecule is CC1(C)OB(C(=Cc2ccc(F)c(C#N)c2)CN)OC1(C)C. The molecular formula is C16H20BFN2O2. The average molecular weight is 302 g/mol. The van der Waals surface area contributed by atoms with Crippen molar-refractivity contribution in [2.24, 2.45) is 5.73 Å². The summed E-state index contributed by atoms with van der Waals surface area (Å²) in [5, 5.41) is 8.90. The van der Waals surface area contributed by atoms with E-state index in [1.165, 1.54) is 12.1 Å². The molecule has 0 aliphatic carbocycles. The van der Waals surface area contributed by atoms with Gasteiger partial charge in [0, 0.05) is 6.54 Å². The molecule has 22 heavy (non-hydrogen) atoms. The van der Waals surface area contributed by atoms with Gasteiger partial charge in [-0.3, -0.25) is 0 Å². The van der Waals surface area contributed by atoms with E-state index in [0.717, 1.165) is 5.47 Å². The van der Waals surface area contributed by atoms with Crippen LogP contribution < -0.4 is 5.73 Å². The Labute approximate surface area is 130 Å². The molecule has 0 spiro atoms. The van der Waals surface area contributed by atoms with Crippen molar-refractivity contribution < 1.29 is 13.7 Å². The van der Waals surface area contributed by atoms with Crippen LogP contribution in [-0.4, -0.2) is 24.9 Å². The molecule has 1 saturated heterocycles. The molecule has 0 saturated carbocycles. The smallest absolute Gasteiger partial charge is 0.400 e. The molecule has 116 valence electrons. The van der Waals surface area contributed by atoms with Crippen LogP contribution in [0.4, 0.5) is 4.39 Å². The molecule has 0 bridgehead atoms. The molecule has 1 aliphatic heterocycles. The number of nitrogens with zero attached hydrogens (tertiary/aromatic N) is 1. The summed E-state index contributed by atoms with van der Waals surface area (Å²) < 4.78 is 25.3. The zero-order valence-electron chi connectivity index (χ0n) is 13.3. The molecule has 0 radical (unpaired) electrons. The molecule has 0 unspecified atom stereocenters. The van der Waals surface area contributed by atoms with Crippen LogP contribution in [0.1, 0.15) is 38.8 Å². The lowest BCUT2D eigenvalue weighted by molar-refractivity contribution is 0.00578. The van der Waals surface area contributed by atoms with Crippen molar-refractivity contribution >= 4 is 13.2 Å². The van der Waals surface area contributed by atoms with Gasteiger partial charge in [-0.2, -0.15) is 5.26 Å². The third-order valence-corrected chi connectivity index (χ3v) is 4.25. The molecule has 0 aromatic heterocycles. The Morgan fingerprint density at radius 1 is 1.32 bits per heavy atom. The summed E-state index contributed by atoms with van der Waals surface area (Å²) >= 11 is 0. The summed E-state index contributed by atoms with van der Waals surface area (Å²) in [6.07, 6.45) is 1.78. The van der Waals surface area contributed by atoms with Gasteiger partial charge in [0.25, 0.3) is 0 Å². The maximum atomic E-state index is 13.4. The molecule has 2 rings (SSSR count). The van der Waals surface area contributed by atoms with Crippen molar-refractivity contribution in [3.8, 4) is 6.07 Å². The Balaban J connectivity index is 2.32. The number of hydrogen-bond donors (Lipinski definition) is 1. The highest BCUT2D eigenvalue weighted by Gasteiger charge is 2.52. The fourth-order valence-electron chi connectivity index (χ4n) is 2.15. The van der Waals surface area contributed by atoms with Crippen LogP contribution in [0.25, 0.3) is 6.08 Å². The normalized spacial score (nSPS) is 20.0. The third kappa shape index (κ3) is 3.07. The van der Waals surface area contributed by atoms with Crippen LogP contribution in [0.2, 0.25) is 0 Å². The molecule has 2 N–H and O–H groups in total. The van der Waals surface area contributed by atoms with Gasteiger partial charge in [0.1, 0.15) is 11.9 Å². The summed E-state index contributed by atoms with van der Waals surface area (Å²) in [5.74, 6) is -0.537. The fourth-order valence-corrected chi connectivity index (χ4v) is 2.15. The van der Waals surface area contributed by atoms with E-state index >= 15 is 0 Å². The lowest BCUT2D eigenvalue weighted by Gasteiger charge is -2.32. The Morgan fingerprint density at radius 3 is 2.41 bits per heavy atom. The van der Waals surface area contributed by atoms with Gasteiger partial charge in [-0.25, -0.2) is 4.39 Å². The maximum Gasteiger partial charge on any atom is 0.491 e. The first-order valence-electron chi connectivity index (χ1n) is 7.16. The van der Waals surface area contributed by atoms with Gasteiger partial charge in [0.15, 0.2) is 0 Å². The van der Waals surface area contributed by atoms with E-state index in [1.807, 2.05) is 33.8 Å². The van der Waals surface area contributed by atoms with Crippen molar-refractivity contribution in [1.82, 2.24) is 0 Å². The van der Waals surface area contributed by atoms with Crippen LogP contribution in [0.3, 0.4) is 0 Å². The van der Waals surface area contributed by atoms with Gasteiger partial charge >= 0.3 is 7.12 Å². The van der Waals surface area contributed by atoms with E-state index < -0.39 is 24.1 Å². The number of benzene rings is 1. The second-order valence-corrected chi connectivity index (χ2v) is 6.36. The Morgan fingerprint density at radius 2 is 1.91 bits per heavy atom. The highest BCUT2D eigenvalue weighted by Crippen LogP contribution is 2.38. The molecule has 1 aromatic rings. The molecule has 4 nitrogen and oxygen atoms in total. The summed E-state index contributed by atoms with van der Waals surface area (Å²) in [7, 11) is -0.550. The van der Waals surface area contributed by atoms with Gasteiger partial charge in [0.05, 0.1) is 16.8 Å². The monoisotopic (exact) mass is 302 g/mol. The van der Waals surface area contributed by atoms with Crippen molar-refractivity contribution in [3.63, 3.8) is 0 Å². The number of hydrogen-bond acceptors (Lipinski definition) is 4. The minimum Gasteiger partial charge on any atom is -0.400 e. The molecule has 0 amide bonds. The predicted octanol–water partition coefficient (Wildman–Crippen LogP) is 2.67. The predicted molar refractivity (Wildman–Crippen MR) is 84.2 cm³/mol. The van der Waals surface area contributed by atoms with Gasteiger partial charge in [0.2, 0.25) is 0 Å². The molecule has 0 atom stereocenters. The molecule has 1 fully saturated rings. The summed E-state index contributed by atoms with van der Waals surface area (Å²) in [6, 6.07) is 6.17. The lowest BCUT2D eigenvalue weighted by atomic mass is 9.77. The van der Waals surface area contributed by atoms with E-state index in [-0.39, 0.29) is 12.1 Å². The van der Waals surface area contributed by atoms with Gasteiger partial charge < -0.3 is 15.0 Å². The largest absolute Gasteiger partial charge is 0.491 e. The van der Waals surface area contributed by atoms with Gasteiger partial charge in [-0.1, -0.05) is 12.1 Å². The van der Waals surface area contributed by atoms with Crippen molar-refractivity contribution in [2.45, 2.75) is 38.9 Å². The van der Waals surface area contributed by atoms with Crippen LogP contribution >= 0.6 is 0 Å². The minimum atomic E-state index is -0.550. The first-order chi connectivity index (χ1) is 10.2. The van der Waals surface area contributed by atoms with E-state index in [2.05, 4.69) is 0 Å². The minimum absolute atomic E-state index is 0.000889. The standard InChI is InChI=1S/C16H20BFN2O2/c1-15(2)16(3,4)22-17(21-15)13(10-20)8-11-5-6-14(18)12(7-11)9-19/h5-8H,10,20H2,1-4H3. The van der Waals surface area contributed by atoms with Crippen molar-refractivity contribution in [2.75, 3.05) is 6.54 Å². The molecule has 1 aliphatic rings. The lowest BCUT2D eigenvalue weighted by Crippen LogP contribution is -2.41. The first kappa shape index (κ1) is 16.7. The molecule has 1 heterocycles. The molecule has 1 aromatic carbocycles. The molecule has 6 heteroatoms. The summed E-state index contributed by atoms with van der Waals surface area (Å²) in [6.45, 7) is 8.11. The summed E-state index contributed by atoms with van der Waals surface area (Å²) in [4.78, 5) is 0. The second kappa shape index (κ2) is 5.84. The maximum absolute atomic E-state index is 13.4. The number of nitrogens with two attached hydrogens (primary N) is 1. The Hall–Kier alpha value is -1.68. The van der Waals surface area contributed by atoms with E-state index in [0.29, 0.717) is 5.56 Å².